The van der Waals surface area contributed by atoms with E-state index in [2.05, 4.69) is 0 Å². The van der Waals surface area contributed by atoms with E-state index in [9.17, 15) is 24.6 Å². The summed E-state index contributed by atoms with van der Waals surface area (Å²) < 4.78 is 0. The number of carbonyl (C=O) groups excluding carboxylic acids is 3. The second-order valence-corrected chi connectivity index (χ2v) is 7.49. The normalized spacial score (nSPS) is 42.8. The van der Waals surface area contributed by atoms with Crippen LogP contribution in [0.1, 0.15) is 27.2 Å². The molecular weight excluding hydrogens is 322 g/mol. The lowest BCUT2D eigenvalue weighted by atomic mass is 9.46. The highest BCUT2D eigenvalue weighted by Gasteiger charge is 2.74. The zero-order valence-corrected chi connectivity index (χ0v) is 14.8. The van der Waals surface area contributed by atoms with Gasteiger partial charge in [0.1, 0.15) is 16.8 Å². The number of hydrogen-bond acceptors (Lipinski definition) is 5. The molecule has 3 saturated carbocycles. The van der Waals surface area contributed by atoms with E-state index in [1.807, 2.05) is 6.92 Å². The molecule has 0 radical (unpaired) electrons. The minimum atomic E-state index is -1.80. The quantitative estimate of drug-likeness (QED) is 0.341. The number of aliphatic hydroxyl groups excluding tert-OH is 1. The van der Waals surface area contributed by atoms with Crippen LogP contribution in [-0.2, 0) is 14.4 Å². The van der Waals surface area contributed by atoms with Crippen LogP contribution in [0.5, 0.6) is 0 Å². The molecule has 2 bridgehead atoms. The predicted octanol–water partition coefficient (Wildman–Crippen LogP) is 1.32. The Morgan fingerprint density at radius 2 is 1.88 bits per heavy atom. The molecule has 2 N–H and O–H groups in total. The molecule has 4 aliphatic rings. The van der Waals surface area contributed by atoms with Crippen molar-refractivity contribution in [3.63, 3.8) is 0 Å². The summed E-state index contributed by atoms with van der Waals surface area (Å²) in [6, 6.07) is -0.582. The molecule has 1 heterocycles. The maximum Gasteiger partial charge on any atom is 0.222 e. The third-order valence-electron chi connectivity index (χ3n) is 6.04. The van der Waals surface area contributed by atoms with Gasteiger partial charge in [-0.25, -0.2) is 0 Å². The fourth-order valence-corrected chi connectivity index (χ4v) is 5.01. The molecule has 6 heteroatoms. The summed E-state index contributed by atoms with van der Waals surface area (Å²) in [6.45, 7) is 4.68. The lowest BCUT2D eigenvalue weighted by Gasteiger charge is -2.57. The van der Waals surface area contributed by atoms with Crippen molar-refractivity contribution in [3.05, 3.63) is 35.6 Å². The average molecular weight is 345 g/mol. The second-order valence-electron chi connectivity index (χ2n) is 7.49. The minimum absolute atomic E-state index is 0.0530. The molecule has 3 aliphatic carbocycles. The first-order valence-electron chi connectivity index (χ1n) is 8.40. The Morgan fingerprint density at radius 1 is 1.24 bits per heavy atom. The van der Waals surface area contributed by atoms with Gasteiger partial charge in [-0.2, -0.15) is 0 Å². The molecule has 0 aromatic carbocycles. The van der Waals surface area contributed by atoms with E-state index < -0.39 is 34.5 Å². The molecule has 1 amide bonds. The number of fused-ring (bicyclic) bond motifs is 2. The van der Waals surface area contributed by atoms with Crippen LogP contribution in [-0.4, -0.2) is 51.3 Å². The summed E-state index contributed by atoms with van der Waals surface area (Å²) in [7, 11) is 1.59. The number of nitrogens with zero attached hydrogens (tertiary/aromatic N) is 1. The summed E-state index contributed by atoms with van der Waals surface area (Å²) in [5.41, 5.74) is -3.30. The summed E-state index contributed by atoms with van der Waals surface area (Å²) in [6.07, 6.45) is 6.58. The SMILES string of the molecule is C/C=C/C=C/C(O)=C1/C(=O)[C@]2(C)C(=O)[C@@](C)(O)[C@H]1[C@@H]1CC(=O)N(C)[C@@H]12. The van der Waals surface area contributed by atoms with Crippen LogP contribution >= 0.6 is 0 Å². The van der Waals surface area contributed by atoms with Crippen LogP contribution in [0.2, 0.25) is 0 Å². The van der Waals surface area contributed by atoms with Crippen LogP contribution < -0.4 is 0 Å². The van der Waals surface area contributed by atoms with Crippen molar-refractivity contribution in [2.75, 3.05) is 7.05 Å². The number of allylic oxidation sites excluding steroid dienone is 4. The molecule has 1 saturated heterocycles. The highest BCUT2D eigenvalue weighted by atomic mass is 16.3. The molecule has 4 rings (SSSR count). The molecule has 6 nitrogen and oxygen atoms in total. The monoisotopic (exact) mass is 345 g/mol. The first-order chi connectivity index (χ1) is 11.6. The number of amides is 1. The van der Waals surface area contributed by atoms with Crippen molar-refractivity contribution in [2.45, 2.75) is 38.8 Å². The van der Waals surface area contributed by atoms with E-state index >= 15 is 0 Å². The van der Waals surface area contributed by atoms with Crippen molar-refractivity contribution in [3.8, 4) is 0 Å². The molecule has 0 unspecified atom stereocenters. The van der Waals surface area contributed by atoms with Gasteiger partial charge in [-0.1, -0.05) is 18.2 Å². The van der Waals surface area contributed by atoms with Gasteiger partial charge in [-0.15, -0.1) is 0 Å². The average Bonchev–Trinajstić information content (AvgIpc) is 2.84. The minimum Gasteiger partial charge on any atom is -0.508 e. The molecule has 5 atom stereocenters. The van der Waals surface area contributed by atoms with Crippen LogP contribution in [0.15, 0.2) is 35.6 Å². The van der Waals surface area contributed by atoms with Gasteiger partial charge in [0.2, 0.25) is 5.91 Å². The third kappa shape index (κ3) is 2.03. The smallest absolute Gasteiger partial charge is 0.222 e. The van der Waals surface area contributed by atoms with Gasteiger partial charge in [0.25, 0.3) is 0 Å². The maximum absolute atomic E-state index is 13.1. The van der Waals surface area contributed by atoms with Gasteiger partial charge < -0.3 is 15.1 Å². The van der Waals surface area contributed by atoms with Gasteiger partial charge in [-0.05, 0) is 32.8 Å². The summed E-state index contributed by atoms with van der Waals surface area (Å²) in [5, 5.41) is 21.4. The molecular formula is C19H23NO5. The predicted molar refractivity (Wildman–Crippen MR) is 90.5 cm³/mol. The Bertz CT molecular complexity index is 760. The number of ketones is 2. The van der Waals surface area contributed by atoms with E-state index in [4.69, 9.17) is 0 Å². The van der Waals surface area contributed by atoms with Crippen molar-refractivity contribution in [1.29, 1.82) is 0 Å². The fourth-order valence-electron chi connectivity index (χ4n) is 5.01. The maximum atomic E-state index is 13.1. The lowest BCUT2D eigenvalue weighted by molar-refractivity contribution is -0.179. The number of likely N-dealkylation sites (tertiary alicyclic amines) is 1. The highest BCUT2D eigenvalue weighted by Crippen LogP contribution is 2.60. The van der Waals surface area contributed by atoms with Gasteiger partial charge in [0.15, 0.2) is 11.6 Å². The van der Waals surface area contributed by atoms with Crippen LogP contribution in [0.4, 0.5) is 0 Å². The number of hydrogen-bond donors (Lipinski definition) is 2. The van der Waals surface area contributed by atoms with Gasteiger partial charge in [0, 0.05) is 25.0 Å². The standard InChI is InChI=1S/C19H23NO5/c1-5-6-7-8-11(21)13-14-10-9-12(22)20(4)15(10)18(2,16(13)23)17(24)19(14,3)25/h5-8,10,14-15,21,25H,9H2,1-4H3/b6-5+,8-7+,13-11-/t10-,14-,15-,18+,19-/m0/s1. The second kappa shape index (κ2) is 5.39. The third-order valence-corrected chi connectivity index (χ3v) is 6.04. The highest BCUT2D eigenvalue weighted by molar-refractivity contribution is 6.22. The van der Waals surface area contributed by atoms with Crippen molar-refractivity contribution in [1.82, 2.24) is 4.90 Å². The lowest BCUT2D eigenvalue weighted by Crippen LogP contribution is -2.73. The van der Waals surface area contributed by atoms with Crippen molar-refractivity contribution >= 4 is 17.5 Å². The van der Waals surface area contributed by atoms with E-state index in [0.29, 0.717) is 0 Å². The van der Waals surface area contributed by atoms with Crippen LogP contribution in [0.3, 0.4) is 0 Å². The Hall–Kier alpha value is -2.21. The van der Waals surface area contributed by atoms with Crippen molar-refractivity contribution < 1.29 is 24.6 Å². The molecule has 0 spiro atoms. The zero-order chi connectivity index (χ0) is 18.7. The summed E-state index contributed by atoms with van der Waals surface area (Å²) in [5.74, 6) is -2.78. The summed E-state index contributed by atoms with van der Waals surface area (Å²) >= 11 is 0. The Morgan fingerprint density at radius 3 is 2.48 bits per heavy atom. The number of Topliss-reactive ketones (excluding diaryl/α,β-unsaturated/α-hetero) is 2. The van der Waals surface area contributed by atoms with Crippen LogP contribution in [0, 0.1) is 17.3 Å². The molecule has 25 heavy (non-hydrogen) atoms. The van der Waals surface area contributed by atoms with Gasteiger partial charge in [-0.3, -0.25) is 14.4 Å². The van der Waals surface area contributed by atoms with Crippen molar-refractivity contribution in [2.24, 2.45) is 17.3 Å². The fraction of sp³-hybridized carbons (Fsp3) is 0.526. The number of rotatable bonds is 2. The first-order valence-corrected chi connectivity index (χ1v) is 8.40. The van der Waals surface area contributed by atoms with E-state index in [1.165, 1.54) is 24.8 Å². The van der Waals surface area contributed by atoms with E-state index in [0.717, 1.165) is 0 Å². The molecule has 0 aromatic heterocycles. The molecule has 1 aliphatic heterocycles. The Balaban J connectivity index is 2.24. The van der Waals surface area contributed by atoms with Gasteiger partial charge in [0.05, 0.1) is 6.04 Å². The van der Waals surface area contributed by atoms with Crippen LogP contribution in [0.25, 0.3) is 0 Å². The summed E-state index contributed by atoms with van der Waals surface area (Å²) in [4.78, 5) is 39.7. The molecule has 4 fully saturated rings. The molecule has 134 valence electrons. The molecule has 0 aromatic rings. The largest absolute Gasteiger partial charge is 0.508 e. The zero-order valence-electron chi connectivity index (χ0n) is 14.8. The van der Waals surface area contributed by atoms with E-state index in [1.54, 1.807) is 25.3 Å². The van der Waals surface area contributed by atoms with E-state index in [-0.39, 0.29) is 29.6 Å². The number of aliphatic hydroxyl groups is 2. The Kier molecular flexibility index (Phi) is 3.80. The van der Waals surface area contributed by atoms with Gasteiger partial charge >= 0.3 is 0 Å². The number of carbonyl (C=O) groups is 3. The topological polar surface area (TPSA) is 94.9 Å². The Labute approximate surface area is 146 Å². The first kappa shape index (κ1) is 17.6.